The summed E-state index contributed by atoms with van der Waals surface area (Å²) in [7, 11) is 0. The van der Waals surface area contributed by atoms with E-state index in [1.54, 1.807) is 6.20 Å². The number of aromatic nitrogens is 2. The molecular formula is C10H11F7FeN2O4. The van der Waals surface area contributed by atoms with Crippen molar-refractivity contribution >= 4 is 11.9 Å². The Bertz CT molecular complexity index is 425. The maximum absolute atomic E-state index is 10.5. The van der Waals surface area contributed by atoms with Crippen LogP contribution < -0.4 is 10.2 Å². The van der Waals surface area contributed by atoms with Gasteiger partial charge in [-0.15, -0.1) is 0 Å². The first-order valence-electron chi connectivity index (χ1n) is 5.34. The number of hydrogen-bond donors (Lipinski definition) is 0. The quantitative estimate of drug-likeness (QED) is 0.505. The molecule has 0 bridgehead atoms. The van der Waals surface area contributed by atoms with Gasteiger partial charge in [0.1, 0.15) is 11.9 Å². The van der Waals surface area contributed by atoms with E-state index in [1.165, 1.54) is 6.42 Å². The van der Waals surface area contributed by atoms with E-state index in [0.717, 1.165) is 6.54 Å². The van der Waals surface area contributed by atoms with Gasteiger partial charge in [-0.2, -0.15) is 26.3 Å². The topological polar surface area (TPSA) is 98.1 Å². The third kappa shape index (κ3) is 18.2. The fourth-order valence-electron chi connectivity index (χ4n) is 0.677. The molecule has 142 valence electrons. The van der Waals surface area contributed by atoms with Crippen molar-refractivity contribution in [1.29, 1.82) is 0 Å². The Morgan fingerprint density at radius 1 is 1.04 bits per heavy atom. The van der Waals surface area contributed by atoms with Crippen LogP contribution in [0.5, 0.6) is 0 Å². The molecule has 0 fully saturated rings. The van der Waals surface area contributed by atoms with E-state index in [9.17, 15) is 26.3 Å². The van der Waals surface area contributed by atoms with Crippen molar-refractivity contribution in [3.63, 3.8) is 0 Å². The number of carbonyl (C=O) groups excluding carboxylic acids is 2. The maximum Gasteiger partial charge on any atom is 2.00 e. The first-order chi connectivity index (χ1) is 9.82. The summed E-state index contributed by atoms with van der Waals surface area (Å²) in [6.07, 6.45) is -3.60. The molecule has 0 atom stereocenters. The van der Waals surface area contributed by atoms with E-state index in [-0.39, 0.29) is 21.8 Å². The van der Waals surface area contributed by atoms with Crippen LogP contribution >= 0.6 is 0 Å². The molecule has 0 aliphatic rings. The zero-order valence-corrected chi connectivity index (χ0v) is 12.8. The molecule has 0 aliphatic heterocycles. The summed E-state index contributed by atoms with van der Waals surface area (Å²) in [4.78, 5) is 21.5. The summed E-state index contributed by atoms with van der Waals surface area (Å²) >= 11 is 0. The van der Waals surface area contributed by atoms with Crippen molar-refractivity contribution in [3.8, 4) is 0 Å². The summed E-state index contributed by atoms with van der Waals surface area (Å²) in [6.45, 7) is 3.24. The van der Waals surface area contributed by atoms with Gasteiger partial charge in [0.2, 0.25) is 0 Å². The maximum atomic E-state index is 10.5. The van der Waals surface area contributed by atoms with Crippen LogP contribution in [0, 0.1) is 0 Å². The van der Waals surface area contributed by atoms with Crippen LogP contribution in [0.15, 0.2) is 18.7 Å². The number of carbonyl (C=O) groups is 2. The average Bonchev–Trinajstić information content (AvgIpc) is 2.81. The van der Waals surface area contributed by atoms with E-state index in [1.807, 2.05) is 12.5 Å². The van der Waals surface area contributed by atoms with Crippen molar-refractivity contribution in [2.24, 2.45) is 0 Å². The van der Waals surface area contributed by atoms with Gasteiger partial charge in [0.05, 0.1) is 6.33 Å². The van der Waals surface area contributed by atoms with Crippen molar-refractivity contribution in [2.45, 2.75) is 32.2 Å². The molecule has 14 heteroatoms. The van der Waals surface area contributed by atoms with Crippen molar-refractivity contribution in [2.75, 3.05) is 0 Å². The van der Waals surface area contributed by atoms with Gasteiger partial charge in [0, 0.05) is 18.9 Å². The third-order valence-electron chi connectivity index (χ3n) is 1.50. The predicted molar refractivity (Wildman–Crippen MR) is 57.1 cm³/mol. The third-order valence-corrected chi connectivity index (χ3v) is 1.50. The molecule has 6 nitrogen and oxygen atoms in total. The van der Waals surface area contributed by atoms with Crippen molar-refractivity contribution < 1.29 is 67.9 Å². The standard InChI is InChI=1S/C6H10N2.2C2HF3O2.FH.Fe/c1-2-4-8-5-3-7-6-8;2*3-2(4,5)1(6)7;;/h3,5-6H,2,4H2,1H3;2*(H,6,7);1H;/q;;;;+2/p-2. The van der Waals surface area contributed by atoms with Crippen LogP contribution in [0.25, 0.3) is 0 Å². The minimum absolute atomic E-state index is 0. The van der Waals surface area contributed by atoms with Gasteiger partial charge in [-0.05, 0) is 6.42 Å². The van der Waals surface area contributed by atoms with Gasteiger partial charge in [-0.3, -0.25) is 4.70 Å². The number of aliphatic carboxylic acids is 2. The molecule has 0 saturated heterocycles. The molecule has 0 spiro atoms. The number of aryl methyl sites for hydroxylation is 1. The molecule has 1 heterocycles. The number of alkyl halides is 6. The number of carboxylic acid groups (broad SMARTS) is 2. The van der Waals surface area contributed by atoms with Gasteiger partial charge >= 0.3 is 29.4 Å². The van der Waals surface area contributed by atoms with Gasteiger partial charge in [0.25, 0.3) is 0 Å². The summed E-state index contributed by atoms with van der Waals surface area (Å²) in [5.41, 5.74) is 0. The molecule has 0 N–H and O–H groups in total. The predicted octanol–water partition coefficient (Wildman–Crippen LogP) is 0.0403. The number of nitrogens with zero attached hydrogens (tertiary/aromatic N) is 2. The van der Waals surface area contributed by atoms with Crippen LogP contribution in [-0.2, 0) is 33.2 Å². The summed E-state index contributed by atoms with van der Waals surface area (Å²) in [5.74, 6) is -6.01. The second kappa shape index (κ2) is 13.6. The number of imidazole rings is 1. The van der Waals surface area contributed by atoms with Crippen LogP contribution in [-0.4, -0.2) is 33.8 Å². The zero-order chi connectivity index (χ0) is 18.0. The molecule has 0 unspecified atom stereocenters. The number of halogens is 7. The first-order valence-corrected chi connectivity index (χ1v) is 5.34. The van der Waals surface area contributed by atoms with Gasteiger partial charge in [0.15, 0.2) is 0 Å². The van der Waals surface area contributed by atoms with E-state index in [2.05, 4.69) is 16.5 Å². The SMILES string of the molecule is CCCn1ccnc1.F.O=C([O-])C(F)(F)F.O=C([O-])C(F)(F)F.[Fe+2]. The van der Waals surface area contributed by atoms with Crippen LogP contribution in [0.4, 0.5) is 31.0 Å². The molecule has 0 radical (unpaired) electrons. The van der Waals surface area contributed by atoms with Crippen LogP contribution in [0.2, 0.25) is 0 Å². The summed E-state index contributed by atoms with van der Waals surface area (Å²) in [5, 5.41) is 17.6. The molecule has 1 rings (SSSR count). The van der Waals surface area contributed by atoms with E-state index in [0.29, 0.717) is 0 Å². The van der Waals surface area contributed by atoms with Crippen molar-refractivity contribution in [3.05, 3.63) is 18.7 Å². The number of hydrogen-bond acceptors (Lipinski definition) is 5. The molecule has 24 heavy (non-hydrogen) atoms. The fraction of sp³-hybridized carbons (Fsp3) is 0.500. The Labute approximate surface area is 141 Å². The Balaban J connectivity index is -0.000000121. The van der Waals surface area contributed by atoms with Crippen LogP contribution in [0.3, 0.4) is 0 Å². The second-order valence-electron chi connectivity index (χ2n) is 3.37. The number of rotatable bonds is 2. The molecule has 0 aromatic carbocycles. The summed E-state index contributed by atoms with van der Waals surface area (Å²) < 4.78 is 65.2. The Morgan fingerprint density at radius 2 is 1.38 bits per heavy atom. The Hall–Kier alpha value is -1.82. The fourth-order valence-corrected chi connectivity index (χ4v) is 0.677. The molecule has 0 aliphatic carbocycles. The monoisotopic (exact) mass is 412 g/mol. The van der Waals surface area contributed by atoms with Crippen LogP contribution in [0.1, 0.15) is 13.3 Å². The van der Waals surface area contributed by atoms with E-state index < -0.39 is 24.3 Å². The van der Waals surface area contributed by atoms with Gasteiger partial charge in [-0.25, -0.2) is 4.98 Å². The smallest absolute Gasteiger partial charge is 0.542 e. The normalized spacial score (nSPS) is 9.79. The van der Waals surface area contributed by atoms with Crippen molar-refractivity contribution in [1.82, 2.24) is 9.55 Å². The minimum Gasteiger partial charge on any atom is -0.542 e. The summed E-state index contributed by atoms with van der Waals surface area (Å²) in [6, 6.07) is 0. The number of carboxylic acids is 2. The largest absolute Gasteiger partial charge is 2.00 e. The first kappa shape index (κ1) is 30.1. The molecule has 0 saturated carbocycles. The van der Waals surface area contributed by atoms with Gasteiger partial charge in [-0.1, -0.05) is 6.92 Å². The average molecular weight is 412 g/mol. The molecule has 0 amide bonds. The molecule has 1 aromatic heterocycles. The minimum atomic E-state index is -5.19. The molecule has 1 aromatic rings. The second-order valence-corrected chi connectivity index (χ2v) is 3.37. The van der Waals surface area contributed by atoms with Gasteiger partial charge < -0.3 is 24.4 Å². The van der Waals surface area contributed by atoms with E-state index >= 15 is 0 Å². The zero-order valence-electron chi connectivity index (χ0n) is 11.7. The van der Waals surface area contributed by atoms with E-state index in [4.69, 9.17) is 19.8 Å². The molecular weight excluding hydrogens is 401 g/mol. The Morgan fingerprint density at radius 3 is 1.54 bits per heavy atom. The Kier molecular flexibility index (Phi) is 17.1.